The Morgan fingerprint density at radius 2 is 1.97 bits per heavy atom. The Morgan fingerprint density at radius 3 is 2.60 bits per heavy atom. The first-order valence-corrected chi connectivity index (χ1v) is 11.5. The molecule has 2 aliphatic heterocycles. The third-order valence-electron chi connectivity index (χ3n) is 6.17. The standard InChI is InChI=1S/C22H38N6O2/c1-5-21(29)28-12-9-19(14-28)26-22(23-6-2)24-13-18-7-10-27(11-8-18)15-20-25-16(3)17(4)30-20/h18-19H,5-15H2,1-4H3,(H2,23,24,26). The van der Waals surface area contributed by atoms with Crippen molar-refractivity contribution in [3.05, 3.63) is 17.3 Å². The van der Waals surface area contributed by atoms with Gasteiger partial charge in [-0.3, -0.25) is 14.7 Å². The Hall–Kier alpha value is -2.09. The van der Waals surface area contributed by atoms with Crippen molar-refractivity contribution in [2.45, 2.75) is 66.0 Å². The molecule has 0 saturated carbocycles. The molecule has 0 aliphatic carbocycles. The summed E-state index contributed by atoms with van der Waals surface area (Å²) in [6.45, 7) is 14.2. The molecule has 168 valence electrons. The van der Waals surface area contributed by atoms with Gasteiger partial charge in [0.2, 0.25) is 11.8 Å². The lowest BCUT2D eigenvalue weighted by Crippen LogP contribution is -2.45. The van der Waals surface area contributed by atoms with E-state index in [0.717, 1.165) is 88.4 Å². The summed E-state index contributed by atoms with van der Waals surface area (Å²) < 4.78 is 5.73. The van der Waals surface area contributed by atoms with E-state index in [2.05, 4.69) is 27.4 Å². The zero-order valence-electron chi connectivity index (χ0n) is 19.0. The Bertz CT molecular complexity index is 704. The van der Waals surface area contributed by atoms with Gasteiger partial charge in [-0.15, -0.1) is 0 Å². The van der Waals surface area contributed by atoms with Gasteiger partial charge in [0.1, 0.15) is 5.76 Å². The van der Waals surface area contributed by atoms with Crippen LogP contribution in [0.25, 0.3) is 0 Å². The number of piperidine rings is 1. The molecule has 3 rings (SSSR count). The number of aliphatic imine (C=N–C) groups is 1. The summed E-state index contributed by atoms with van der Waals surface area (Å²) in [6, 6.07) is 0.285. The van der Waals surface area contributed by atoms with E-state index in [-0.39, 0.29) is 11.9 Å². The number of hydrogen-bond acceptors (Lipinski definition) is 5. The number of aromatic nitrogens is 1. The Kier molecular flexibility index (Phi) is 8.13. The zero-order valence-corrected chi connectivity index (χ0v) is 19.0. The van der Waals surface area contributed by atoms with Crippen molar-refractivity contribution < 1.29 is 9.21 Å². The highest BCUT2D eigenvalue weighted by atomic mass is 16.4. The van der Waals surface area contributed by atoms with Crippen LogP contribution < -0.4 is 10.6 Å². The van der Waals surface area contributed by atoms with E-state index in [4.69, 9.17) is 9.41 Å². The van der Waals surface area contributed by atoms with Gasteiger partial charge < -0.3 is 20.0 Å². The fourth-order valence-electron chi connectivity index (χ4n) is 4.19. The van der Waals surface area contributed by atoms with Gasteiger partial charge in [-0.2, -0.15) is 0 Å². The van der Waals surface area contributed by atoms with Gasteiger partial charge in [-0.05, 0) is 59.0 Å². The molecule has 1 aromatic rings. The van der Waals surface area contributed by atoms with Crippen molar-refractivity contribution in [3.8, 4) is 0 Å². The lowest BCUT2D eigenvalue weighted by atomic mass is 9.97. The number of hydrogen-bond donors (Lipinski definition) is 2. The van der Waals surface area contributed by atoms with Gasteiger partial charge >= 0.3 is 0 Å². The molecule has 0 bridgehead atoms. The predicted molar refractivity (Wildman–Crippen MR) is 118 cm³/mol. The molecule has 1 amide bonds. The predicted octanol–water partition coefficient (Wildman–Crippen LogP) is 2.07. The van der Waals surface area contributed by atoms with Crippen molar-refractivity contribution in [1.82, 2.24) is 25.4 Å². The van der Waals surface area contributed by atoms with Crippen LogP contribution in [0.1, 0.15) is 56.9 Å². The number of carbonyl (C=O) groups excluding carboxylic acids is 1. The number of rotatable bonds is 7. The second-order valence-electron chi connectivity index (χ2n) is 8.51. The van der Waals surface area contributed by atoms with Gasteiger partial charge in [0.15, 0.2) is 5.96 Å². The average molecular weight is 419 g/mol. The quantitative estimate of drug-likeness (QED) is 0.521. The Balaban J connectivity index is 1.43. The lowest BCUT2D eigenvalue weighted by Gasteiger charge is -2.30. The number of nitrogens with zero attached hydrogens (tertiary/aromatic N) is 4. The number of likely N-dealkylation sites (tertiary alicyclic amines) is 2. The number of amides is 1. The van der Waals surface area contributed by atoms with Gasteiger partial charge in [-0.25, -0.2) is 4.98 Å². The number of nitrogens with one attached hydrogen (secondary N) is 2. The second kappa shape index (κ2) is 10.8. The van der Waals surface area contributed by atoms with Gasteiger partial charge in [-0.1, -0.05) is 6.92 Å². The molecule has 8 nitrogen and oxygen atoms in total. The third-order valence-corrected chi connectivity index (χ3v) is 6.17. The molecule has 0 spiro atoms. The normalized spacial score (nSPS) is 21.3. The molecular weight excluding hydrogens is 380 g/mol. The molecule has 0 radical (unpaired) electrons. The van der Waals surface area contributed by atoms with Crippen LogP contribution in [0, 0.1) is 19.8 Å². The first-order valence-electron chi connectivity index (χ1n) is 11.5. The first-order chi connectivity index (χ1) is 14.5. The van der Waals surface area contributed by atoms with Crippen molar-refractivity contribution in [3.63, 3.8) is 0 Å². The molecule has 3 heterocycles. The number of guanidine groups is 1. The topological polar surface area (TPSA) is 86.0 Å². The van der Waals surface area contributed by atoms with Crippen molar-refractivity contribution in [1.29, 1.82) is 0 Å². The fourth-order valence-corrected chi connectivity index (χ4v) is 4.19. The molecular formula is C22H38N6O2. The molecule has 8 heteroatoms. The minimum absolute atomic E-state index is 0.239. The minimum atomic E-state index is 0.239. The Morgan fingerprint density at radius 1 is 1.20 bits per heavy atom. The van der Waals surface area contributed by atoms with Crippen molar-refractivity contribution in [2.75, 3.05) is 39.3 Å². The molecule has 1 aromatic heterocycles. The van der Waals surface area contributed by atoms with Gasteiger partial charge in [0.05, 0.1) is 12.2 Å². The summed E-state index contributed by atoms with van der Waals surface area (Å²) in [5.74, 6) is 3.46. The van der Waals surface area contributed by atoms with E-state index in [1.807, 2.05) is 25.7 Å². The fraction of sp³-hybridized carbons (Fsp3) is 0.773. The van der Waals surface area contributed by atoms with Crippen LogP contribution in [0.2, 0.25) is 0 Å². The largest absolute Gasteiger partial charge is 0.444 e. The maximum atomic E-state index is 11.9. The minimum Gasteiger partial charge on any atom is -0.444 e. The van der Waals surface area contributed by atoms with Gasteiger partial charge in [0, 0.05) is 38.6 Å². The average Bonchev–Trinajstić information content (AvgIpc) is 3.33. The molecule has 0 aromatic carbocycles. The number of carbonyl (C=O) groups is 1. The maximum absolute atomic E-state index is 11.9. The SMILES string of the molecule is CCNC(=NCC1CCN(Cc2nc(C)c(C)o2)CC1)NC1CCN(C(=O)CC)C1. The highest BCUT2D eigenvalue weighted by Gasteiger charge is 2.26. The van der Waals surface area contributed by atoms with Crippen LogP contribution >= 0.6 is 0 Å². The summed E-state index contributed by atoms with van der Waals surface area (Å²) in [6.07, 6.45) is 3.84. The lowest BCUT2D eigenvalue weighted by molar-refractivity contribution is -0.129. The maximum Gasteiger partial charge on any atom is 0.222 e. The van der Waals surface area contributed by atoms with Crippen LogP contribution in [0.3, 0.4) is 0 Å². The van der Waals surface area contributed by atoms with Crippen molar-refractivity contribution in [2.24, 2.45) is 10.9 Å². The molecule has 1 atom stereocenters. The van der Waals surface area contributed by atoms with Crippen LogP contribution in [0.15, 0.2) is 9.41 Å². The molecule has 2 aliphatic rings. The summed E-state index contributed by atoms with van der Waals surface area (Å²) in [5, 5.41) is 6.89. The van der Waals surface area contributed by atoms with Gasteiger partial charge in [0.25, 0.3) is 0 Å². The number of oxazole rings is 1. The highest BCUT2D eigenvalue weighted by molar-refractivity contribution is 5.80. The zero-order chi connectivity index (χ0) is 21.5. The van der Waals surface area contributed by atoms with E-state index in [9.17, 15) is 4.79 Å². The van der Waals surface area contributed by atoms with E-state index in [1.165, 1.54) is 0 Å². The number of aryl methyl sites for hydroxylation is 2. The monoisotopic (exact) mass is 418 g/mol. The van der Waals surface area contributed by atoms with E-state index < -0.39 is 0 Å². The van der Waals surface area contributed by atoms with Crippen LogP contribution in [-0.2, 0) is 11.3 Å². The molecule has 2 saturated heterocycles. The van der Waals surface area contributed by atoms with E-state index in [1.54, 1.807) is 0 Å². The van der Waals surface area contributed by atoms with Crippen molar-refractivity contribution >= 4 is 11.9 Å². The summed E-state index contributed by atoms with van der Waals surface area (Å²) >= 11 is 0. The molecule has 30 heavy (non-hydrogen) atoms. The highest BCUT2D eigenvalue weighted by Crippen LogP contribution is 2.20. The summed E-state index contributed by atoms with van der Waals surface area (Å²) in [5.41, 5.74) is 0.988. The summed E-state index contributed by atoms with van der Waals surface area (Å²) in [4.78, 5) is 25.6. The van der Waals surface area contributed by atoms with Crippen LogP contribution in [-0.4, -0.2) is 72.0 Å². The van der Waals surface area contributed by atoms with E-state index in [0.29, 0.717) is 12.3 Å². The van der Waals surface area contributed by atoms with Crippen LogP contribution in [0.4, 0.5) is 0 Å². The third kappa shape index (κ3) is 6.20. The first kappa shape index (κ1) is 22.6. The molecule has 2 fully saturated rings. The molecule has 2 N–H and O–H groups in total. The Labute approximate surface area is 180 Å². The smallest absolute Gasteiger partial charge is 0.222 e. The van der Waals surface area contributed by atoms with E-state index >= 15 is 0 Å². The molecule has 1 unspecified atom stereocenters. The second-order valence-corrected chi connectivity index (χ2v) is 8.51. The van der Waals surface area contributed by atoms with Crippen LogP contribution in [0.5, 0.6) is 0 Å². The summed E-state index contributed by atoms with van der Waals surface area (Å²) in [7, 11) is 0.